The molecule has 0 saturated heterocycles. The van der Waals surface area contributed by atoms with E-state index >= 15 is 0 Å². The number of rotatable bonds is 11. The second kappa shape index (κ2) is 12.6. The van der Waals surface area contributed by atoms with Crippen molar-refractivity contribution in [3.63, 3.8) is 0 Å². The second-order valence-electron chi connectivity index (χ2n) is 11.0. The Morgan fingerprint density at radius 1 is 1.04 bits per heavy atom. The van der Waals surface area contributed by atoms with Gasteiger partial charge in [0.1, 0.15) is 0 Å². The van der Waals surface area contributed by atoms with Crippen molar-refractivity contribution >= 4 is 27.5 Å². The number of imidazole rings is 1. The highest BCUT2D eigenvalue weighted by molar-refractivity contribution is 7.89. The van der Waals surface area contributed by atoms with E-state index in [0.29, 0.717) is 49.0 Å². The maximum atomic E-state index is 14.1. The number of amides is 2. The lowest BCUT2D eigenvalue weighted by Gasteiger charge is -2.40. The minimum atomic E-state index is -4.02. The summed E-state index contributed by atoms with van der Waals surface area (Å²) in [5, 5.41) is 10.3. The van der Waals surface area contributed by atoms with Gasteiger partial charge in [0, 0.05) is 44.3 Å². The first kappa shape index (κ1) is 30.1. The lowest BCUT2D eigenvalue weighted by atomic mass is 9.95. The smallest absolute Gasteiger partial charge is 0.285 e. The van der Waals surface area contributed by atoms with Crippen LogP contribution in [0.3, 0.4) is 0 Å². The molecule has 2 aliphatic rings. The first-order valence-electron chi connectivity index (χ1n) is 14.5. The Kier molecular flexibility index (Phi) is 8.44. The molecular formula is C32H31N7O5S. The molecule has 230 valence electrons. The normalized spacial score (nSPS) is 16.2. The molecular weight excluding hydrogens is 594 g/mol. The van der Waals surface area contributed by atoms with E-state index in [0.717, 1.165) is 22.0 Å². The number of benzene rings is 2. The number of aromatic nitrogens is 3. The van der Waals surface area contributed by atoms with Crippen LogP contribution in [-0.4, -0.2) is 69.9 Å². The van der Waals surface area contributed by atoms with Crippen molar-refractivity contribution in [2.45, 2.75) is 36.9 Å². The van der Waals surface area contributed by atoms with E-state index in [2.05, 4.69) is 20.9 Å². The Labute approximate surface area is 261 Å². The summed E-state index contributed by atoms with van der Waals surface area (Å²) >= 11 is 0. The summed E-state index contributed by atoms with van der Waals surface area (Å²) < 4.78 is 31.6. The lowest BCUT2D eigenvalue weighted by Crippen LogP contribution is -2.51. The summed E-state index contributed by atoms with van der Waals surface area (Å²) in [7, 11) is -2.11. The first-order valence-corrected chi connectivity index (χ1v) is 16.0. The van der Waals surface area contributed by atoms with Gasteiger partial charge in [0.15, 0.2) is 5.03 Å². The van der Waals surface area contributed by atoms with E-state index in [1.807, 2.05) is 23.7 Å². The van der Waals surface area contributed by atoms with Crippen LogP contribution in [0.4, 0.5) is 5.69 Å². The fourth-order valence-corrected chi connectivity index (χ4v) is 7.39. The maximum Gasteiger partial charge on any atom is 0.285 e. The minimum Gasteiger partial charge on any atom is -0.364 e. The van der Waals surface area contributed by atoms with E-state index in [4.69, 9.17) is 4.84 Å². The number of nitrogens with zero attached hydrogens (tertiary/aromatic N) is 7. The number of unbranched alkanes of at least 4 members (excludes halogenated alkanes) is 1. The molecule has 4 heterocycles. The maximum absolute atomic E-state index is 14.1. The Bertz CT molecular complexity index is 1850. The van der Waals surface area contributed by atoms with Gasteiger partial charge in [-0.25, -0.2) is 18.4 Å². The number of hydroxylamine groups is 2. The van der Waals surface area contributed by atoms with E-state index in [1.54, 1.807) is 55.0 Å². The summed E-state index contributed by atoms with van der Waals surface area (Å²) in [5.41, 5.74) is 3.86. The standard InChI is InChI=1S/C32H31N7O5S/c1-36-22-34-19-26(36)21-37-20-25(17-24-16-23(18-33)11-12-29(24)37)38(45(42,43)30-10-4-5-13-35-30)14-6-7-15-44-39-31(40)27-8-2-3-9-28(27)32(39)41/h2-5,8-13,16,19,22,25H,6-7,14-15,17,20-21H2,1H3. The molecule has 13 heteroatoms. The SMILES string of the molecule is Cn1cncc1CN1CC(N(CCCCON2C(=O)c3ccccc3C2=O)S(=O)(=O)c2ccccn2)Cc2cc(C#N)ccc21. The molecule has 12 nitrogen and oxygen atoms in total. The highest BCUT2D eigenvalue weighted by atomic mass is 32.2. The quantitative estimate of drug-likeness (QED) is 0.181. The highest BCUT2D eigenvalue weighted by Crippen LogP contribution is 2.33. The molecule has 0 N–H and O–H groups in total. The van der Waals surface area contributed by atoms with Gasteiger partial charge in [-0.15, -0.1) is 5.06 Å². The first-order chi connectivity index (χ1) is 21.8. The summed E-state index contributed by atoms with van der Waals surface area (Å²) in [6.45, 7) is 1.11. The lowest BCUT2D eigenvalue weighted by molar-refractivity contribution is -0.0923. The van der Waals surface area contributed by atoms with Crippen LogP contribution in [0.15, 0.2) is 84.4 Å². The van der Waals surface area contributed by atoms with Crippen molar-refractivity contribution < 1.29 is 22.8 Å². The van der Waals surface area contributed by atoms with Gasteiger partial charge >= 0.3 is 0 Å². The average Bonchev–Trinajstić information content (AvgIpc) is 3.57. The number of nitriles is 1. The third kappa shape index (κ3) is 5.95. The van der Waals surface area contributed by atoms with Crippen LogP contribution >= 0.6 is 0 Å². The van der Waals surface area contributed by atoms with Gasteiger partial charge in [-0.05, 0) is 67.3 Å². The van der Waals surface area contributed by atoms with E-state index in [1.165, 1.54) is 16.6 Å². The fourth-order valence-electron chi connectivity index (χ4n) is 5.80. The predicted octanol–water partition coefficient (Wildman–Crippen LogP) is 3.32. The number of carbonyl (C=O) groups excluding carboxylic acids is 2. The average molecular weight is 626 g/mol. The highest BCUT2D eigenvalue weighted by Gasteiger charge is 2.38. The Morgan fingerprint density at radius 3 is 2.47 bits per heavy atom. The van der Waals surface area contributed by atoms with Gasteiger partial charge in [-0.2, -0.15) is 9.57 Å². The van der Waals surface area contributed by atoms with Crippen LogP contribution in [0.5, 0.6) is 0 Å². The molecule has 1 atom stereocenters. The molecule has 6 rings (SSSR count). The number of fused-ring (bicyclic) bond motifs is 2. The van der Waals surface area contributed by atoms with E-state index in [-0.39, 0.29) is 18.2 Å². The molecule has 4 aromatic rings. The molecule has 0 radical (unpaired) electrons. The monoisotopic (exact) mass is 625 g/mol. The molecule has 0 aliphatic carbocycles. The summed E-state index contributed by atoms with van der Waals surface area (Å²) in [4.78, 5) is 41.4. The minimum absolute atomic E-state index is 0.0502. The summed E-state index contributed by atoms with van der Waals surface area (Å²) in [6.07, 6.45) is 6.15. The molecule has 45 heavy (non-hydrogen) atoms. The number of sulfonamides is 1. The number of carbonyl (C=O) groups is 2. The van der Waals surface area contributed by atoms with Gasteiger partial charge < -0.3 is 9.47 Å². The Balaban J connectivity index is 1.22. The summed E-state index contributed by atoms with van der Waals surface area (Å²) in [5.74, 6) is -1.03. The second-order valence-corrected chi connectivity index (χ2v) is 12.8. The number of imide groups is 1. The summed E-state index contributed by atoms with van der Waals surface area (Å²) in [6, 6.07) is 18.5. The van der Waals surface area contributed by atoms with Gasteiger partial charge in [-0.1, -0.05) is 18.2 Å². The number of hydrogen-bond acceptors (Lipinski definition) is 9. The van der Waals surface area contributed by atoms with Crippen LogP contribution in [0.1, 0.15) is 50.4 Å². The van der Waals surface area contributed by atoms with Gasteiger partial charge in [0.05, 0.1) is 47.9 Å². The topological polar surface area (TPSA) is 142 Å². The van der Waals surface area contributed by atoms with Crippen molar-refractivity contribution in [1.29, 1.82) is 5.26 Å². The third-order valence-corrected chi connectivity index (χ3v) is 9.94. The number of aryl methyl sites for hydroxylation is 1. The van der Waals surface area contributed by atoms with Crippen molar-refractivity contribution in [3.05, 3.63) is 107 Å². The largest absolute Gasteiger partial charge is 0.364 e. The molecule has 1 unspecified atom stereocenters. The van der Waals surface area contributed by atoms with Crippen molar-refractivity contribution in [1.82, 2.24) is 23.9 Å². The number of pyridine rings is 1. The van der Waals surface area contributed by atoms with Crippen molar-refractivity contribution in [2.24, 2.45) is 7.05 Å². The van der Waals surface area contributed by atoms with Crippen molar-refractivity contribution in [3.8, 4) is 6.07 Å². The van der Waals surface area contributed by atoms with Crippen LogP contribution in [0.25, 0.3) is 0 Å². The molecule has 0 fully saturated rings. The molecule has 0 spiro atoms. The Morgan fingerprint density at radius 2 is 1.80 bits per heavy atom. The van der Waals surface area contributed by atoms with Gasteiger partial charge in [-0.3, -0.25) is 14.4 Å². The molecule has 2 aromatic heterocycles. The fraction of sp³-hybridized carbons (Fsp3) is 0.281. The third-order valence-electron chi connectivity index (χ3n) is 8.07. The zero-order valence-electron chi connectivity index (χ0n) is 24.6. The van der Waals surface area contributed by atoms with Crippen LogP contribution in [-0.2, 0) is 34.9 Å². The molecule has 2 amide bonds. The zero-order valence-corrected chi connectivity index (χ0v) is 25.4. The zero-order chi connectivity index (χ0) is 31.6. The number of anilines is 1. The van der Waals surface area contributed by atoms with Gasteiger partial charge in [0.25, 0.3) is 21.8 Å². The van der Waals surface area contributed by atoms with Crippen molar-refractivity contribution in [2.75, 3.05) is 24.6 Å². The van der Waals surface area contributed by atoms with Crippen LogP contribution in [0, 0.1) is 11.3 Å². The molecule has 0 saturated carbocycles. The molecule has 2 aliphatic heterocycles. The molecule has 2 aromatic carbocycles. The van der Waals surface area contributed by atoms with Gasteiger partial charge in [0.2, 0.25) is 0 Å². The number of hydrogen-bond donors (Lipinski definition) is 0. The molecule has 0 bridgehead atoms. The van der Waals surface area contributed by atoms with Crippen LogP contribution < -0.4 is 4.90 Å². The van der Waals surface area contributed by atoms with E-state index in [9.17, 15) is 23.3 Å². The van der Waals surface area contributed by atoms with Crippen LogP contribution in [0.2, 0.25) is 0 Å². The van der Waals surface area contributed by atoms with E-state index < -0.39 is 27.9 Å². The predicted molar refractivity (Wildman–Crippen MR) is 163 cm³/mol. The Hall–Kier alpha value is -4.90.